The molecular formula is C14H16ClNO. The SMILES string of the molecule is CC(c1ccncc1)C(Cl)CCc1ccco1. The Hall–Kier alpha value is -1.28. The van der Waals surface area contributed by atoms with E-state index in [1.54, 1.807) is 6.26 Å². The number of aromatic nitrogens is 1. The molecule has 3 heteroatoms. The molecule has 17 heavy (non-hydrogen) atoms. The third-order valence-corrected chi connectivity index (χ3v) is 3.62. The Morgan fingerprint density at radius 3 is 2.71 bits per heavy atom. The summed E-state index contributed by atoms with van der Waals surface area (Å²) in [6.45, 7) is 2.15. The number of alkyl halides is 1. The highest BCUT2D eigenvalue weighted by Gasteiger charge is 2.16. The smallest absolute Gasteiger partial charge is 0.103 e. The second kappa shape index (κ2) is 5.87. The Kier molecular flexibility index (Phi) is 4.21. The van der Waals surface area contributed by atoms with E-state index in [-0.39, 0.29) is 5.38 Å². The van der Waals surface area contributed by atoms with Crippen molar-refractivity contribution in [1.82, 2.24) is 4.98 Å². The van der Waals surface area contributed by atoms with E-state index < -0.39 is 0 Å². The van der Waals surface area contributed by atoms with Crippen LogP contribution in [-0.4, -0.2) is 10.4 Å². The Morgan fingerprint density at radius 1 is 1.29 bits per heavy atom. The lowest BCUT2D eigenvalue weighted by Gasteiger charge is -2.17. The summed E-state index contributed by atoms with van der Waals surface area (Å²) in [4.78, 5) is 4.02. The van der Waals surface area contributed by atoms with Gasteiger partial charge in [0.15, 0.2) is 0 Å². The molecule has 2 atom stereocenters. The molecule has 0 bridgehead atoms. The number of pyridine rings is 1. The van der Waals surface area contributed by atoms with Crippen LogP contribution in [0.5, 0.6) is 0 Å². The quantitative estimate of drug-likeness (QED) is 0.748. The van der Waals surface area contributed by atoms with E-state index in [2.05, 4.69) is 11.9 Å². The summed E-state index contributed by atoms with van der Waals surface area (Å²) >= 11 is 6.42. The van der Waals surface area contributed by atoms with Gasteiger partial charge in [0, 0.05) is 24.2 Å². The van der Waals surface area contributed by atoms with Gasteiger partial charge in [0.2, 0.25) is 0 Å². The lowest BCUT2D eigenvalue weighted by molar-refractivity contribution is 0.492. The third kappa shape index (κ3) is 3.34. The molecule has 2 unspecified atom stereocenters. The van der Waals surface area contributed by atoms with Gasteiger partial charge in [-0.3, -0.25) is 4.98 Å². The first kappa shape index (κ1) is 12.2. The van der Waals surface area contributed by atoms with Crippen LogP contribution in [0.15, 0.2) is 47.3 Å². The zero-order valence-electron chi connectivity index (χ0n) is 9.84. The molecule has 0 amide bonds. The summed E-state index contributed by atoms with van der Waals surface area (Å²) in [7, 11) is 0. The molecule has 90 valence electrons. The highest BCUT2D eigenvalue weighted by molar-refractivity contribution is 6.21. The molecule has 0 saturated carbocycles. The van der Waals surface area contributed by atoms with E-state index in [0.29, 0.717) is 5.92 Å². The summed E-state index contributed by atoms with van der Waals surface area (Å²) in [6.07, 6.45) is 7.12. The second-order valence-corrected chi connectivity index (χ2v) is 4.76. The normalized spacial score (nSPS) is 14.5. The Morgan fingerprint density at radius 2 is 2.06 bits per heavy atom. The minimum Gasteiger partial charge on any atom is -0.469 e. The van der Waals surface area contributed by atoms with Gasteiger partial charge in [0.25, 0.3) is 0 Å². The fourth-order valence-electron chi connectivity index (χ4n) is 1.86. The monoisotopic (exact) mass is 249 g/mol. The predicted octanol–water partition coefficient (Wildman–Crippen LogP) is 4.02. The standard InChI is InChI=1S/C14H16ClNO/c1-11(12-6-8-16-9-7-12)14(15)5-4-13-3-2-10-17-13/h2-3,6-11,14H,4-5H2,1H3. The average molecular weight is 250 g/mol. The van der Waals surface area contributed by atoms with Crippen molar-refractivity contribution in [2.75, 3.05) is 0 Å². The lowest BCUT2D eigenvalue weighted by atomic mass is 9.95. The van der Waals surface area contributed by atoms with E-state index >= 15 is 0 Å². The van der Waals surface area contributed by atoms with Crippen LogP contribution >= 0.6 is 11.6 Å². The van der Waals surface area contributed by atoms with Gasteiger partial charge in [0.1, 0.15) is 5.76 Å². The number of hydrogen-bond acceptors (Lipinski definition) is 2. The van der Waals surface area contributed by atoms with Gasteiger partial charge in [0.05, 0.1) is 6.26 Å². The molecule has 0 fully saturated rings. The van der Waals surface area contributed by atoms with Crippen molar-refractivity contribution in [2.45, 2.75) is 31.1 Å². The molecule has 2 aromatic heterocycles. The number of halogens is 1. The van der Waals surface area contributed by atoms with Gasteiger partial charge in [-0.25, -0.2) is 0 Å². The number of nitrogens with zero attached hydrogens (tertiary/aromatic N) is 1. The molecule has 0 aliphatic rings. The maximum Gasteiger partial charge on any atom is 0.103 e. The maximum absolute atomic E-state index is 6.42. The molecule has 2 rings (SSSR count). The van der Waals surface area contributed by atoms with Crippen molar-refractivity contribution in [3.8, 4) is 0 Å². The van der Waals surface area contributed by atoms with Gasteiger partial charge >= 0.3 is 0 Å². The minimum atomic E-state index is 0.113. The van der Waals surface area contributed by atoms with E-state index in [9.17, 15) is 0 Å². The molecule has 0 spiro atoms. The van der Waals surface area contributed by atoms with Crippen LogP contribution in [0.25, 0.3) is 0 Å². The zero-order valence-corrected chi connectivity index (χ0v) is 10.6. The fraction of sp³-hybridized carbons (Fsp3) is 0.357. The summed E-state index contributed by atoms with van der Waals surface area (Å²) < 4.78 is 5.30. The van der Waals surface area contributed by atoms with Gasteiger partial charge < -0.3 is 4.42 Å². The highest BCUT2D eigenvalue weighted by atomic mass is 35.5. The Bertz CT molecular complexity index is 427. The first-order chi connectivity index (χ1) is 8.27. The fourth-order valence-corrected chi connectivity index (χ4v) is 2.12. The molecule has 2 heterocycles. The first-order valence-corrected chi connectivity index (χ1v) is 6.27. The van der Waals surface area contributed by atoms with Crippen molar-refractivity contribution in [2.24, 2.45) is 0 Å². The lowest BCUT2D eigenvalue weighted by Crippen LogP contribution is -2.10. The van der Waals surface area contributed by atoms with E-state index in [0.717, 1.165) is 18.6 Å². The summed E-state index contributed by atoms with van der Waals surface area (Å²) in [5.41, 5.74) is 1.24. The molecule has 2 nitrogen and oxygen atoms in total. The Balaban J connectivity index is 1.89. The van der Waals surface area contributed by atoms with Crippen LogP contribution in [0.1, 0.15) is 30.6 Å². The van der Waals surface area contributed by atoms with Crippen molar-refractivity contribution in [3.63, 3.8) is 0 Å². The third-order valence-electron chi connectivity index (χ3n) is 3.02. The zero-order chi connectivity index (χ0) is 12.1. The summed E-state index contributed by atoms with van der Waals surface area (Å²) in [5, 5.41) is 0.113. The summed E-state index contributed by atoms with van der Waals surface area (Å²) in [5.74, 6) is 1.33. The predicted molar refractivity (Wildman–Crippen MR) is 69.3 cm³/mol. The van der Waals surface area contributed by atoms with Gasteiger partial charge in [-0.15, -0.1) is 11.6 Å². The first-order valence-electron chi connectivity index (χ1n) is 5.83. The van der Waals surface area contributed by atoms with Gasteiger partial charge in [-0.2, -0.15) is 0 Å². The van der Waals surface area contributed by atoms with Crippen molar-refractivity contribution in [3.05, 3.63) is 54.2 Å². The minimum absolute atomic E-state index is 0.113. The number of aryl methyl sites for hydroxylation is 1. The molecule has 0 aromatic carbocycles. The number of hydrogen-bond donors (Lipinski definition) is 0. The molecular weight excluding hydrogens is 234 g/mol. The van der Waals surface area contributed by atoms with Crippen molar-refractivity contribution >= 4 is 11.6 Å². The van der Waals surface area contributed by atoms with E-state index in [1.807, 2.05) is 36.7 Å². The molecule has 0 N–H and O–H groups in total. The number of furan rings is 1. The molecule has 2 aromatic rings. The molecule has 0 aliphatic heterocycles. The van der Waals surface area contributed by atoms with Gasteiger partial charge in [-0.05, 0) is 42.2 Å². The highest BCUT2D eigenvalue weighted by Crippen LogP contribution is 2.26. The maximum atomic E-state index is 6.42. The van der Waals surface area contributed by atoms with Crippen LogP contribution in [0.2, 0.25) is 0 Å². The van der Waals surface area contributed by atoms with Crippen molar-refractivity contribution < 1.29 is 4.42 Å². The molecule has 0 aliphatic carbocycles. The van der Waals surface area contributed by atoms with Crippen LogP contribution < -0.4 is 0 Å². The molecule has 0 radical (unpaired) electrons. The average Bonchev–Trinajstić information content (AvgIpc) is 2.89. The Labute approximate surface area is 107 Å². The van der Waals surface area contributed by atoms with Crippen molar-refractivity contribution in [1.29, 1.82) is 0 Å². The largest absolute Gasteiger partial charge is 0.469 e. The van der Waals surface area contributed by atoms with E-state index in [1.165, 1.54) is 5.56 Å². The number of rotatable bonds is 5. The summed E-state index contributed by atoms with van der Waals surface area (Å²) in [6, 6.07) is 7.94. The second-order valence-electron chi connectivity index (χ2n) is 4.20. The van der Waals surface area contributed by atoms with Crippen LogP contribution in [0, 0.1) is 0 Å². The van der Waals surface area contributed by atoms with Crippen LogP contribution in [0.4, 0.5) is 0 Å². The van der Waals surface area contributed by atoms with E-state index in [4.69, 9.17) is 16.0 Å². The topological polar surface area (TPSA) is 26.0 Å². The van der Waals surface area contributed by atoms with Crippen LogP contribution in [-0.2, 0) is 6.42 Å². The molecule has 0 saturated heterocycles. The van der Waals surface area contributed by atoms with Gasteiger partial charge in [-0.1, -0.05) is 6.92 Å². The van der Waals surface area contributed by atoms with Crippen LogP contribution in [0.3, 0.4) is 0 Å².